The molecule has 2 rings (SSSR count). The number of halogens is 2. The molecule has 1 aromatic heterocycles. The molecule has 0 fully saturated rings. The van der Waals surface area contributed by atoms with E-state index in [1.165, 1.54) is 6.07 Å². The second-order valence-corrected chi connectivity index (χ2v) is 5.28. The van der Waals surface area contributed by atoms with Gasteiger partial charge in [0.15, 0.2) is 0 Å². The lowest BCUT2D eigenvalue weighted by atomic mass is 10.1. The van der Waals surface area contributed by atoms with Crippen molar-refractivity contribution in [2.75, 3.05) is 0 Å². The Labute approximate surface area is 109 Å². The third kappa shape index (κ3) is 2.67. The maximum absolute atomic E-state index is 13.1. The zero-order valence-corrected chi connectivity index (χ0v) is 11.3. The van der Waals surface area contributed by atoms with E-state index in [2.05, 4.69) is 24.2 Å². The van der Waals surface area contributed by atoms with Gasteiger partial charge in [0.25, 0.3) is 0 Å². The predicted octanol–water partition coefficient (Wildman–Crippen LogP) is 5.12. The van der Waals surface area contributed by atoms with E-state index in [0.29, 0.717) is 5.92 Å². The molecule has 1 atom stereocenters. The Morgan fingerprint density at radius 3 is 2.88 bits per heavy atom. The zero-order chi connectivity index (χ0) is 12.4. The Bertz CT molecular complexity index is 524. The van der Waals surface area contributed by atoms with Crippen LogP contribution in [0.25, 0.3) is 10.6 Å². The molecular weight excluding hydrogens is 257 g/mol. The van der Waals surface area contributed by atoms with Crippen LogP contribution in [-0.4, -0.2) is 4.98 Å². The number of aromatic nitrogens is 1. The molecule has 1 nitrogen and oxygen atoms in total. The van der Waals surface area contributed by atoms with Gasteiger partial charge in [-0.25, -0.2) is 9.37 Å². The summed E-state index contributed by atoms with van der Waals surface area (Å²) in [5.41, 5.74) is 1.96. The summed E-state index contributed by atoms with van der Waals surface area (Å²) in [4.78, 5) is 4.56. The van der Waals surface area contributed by atoms with Crippen molar-refractivity contribution < 1.29 is 4.39 Å². The van der Waals surface area contributed by atoms with Gasteiger partial charge in [-0.05, 0) is 30.5 Å². The smallest absolute Gasteiger partial charge is 0.141 e. The highest BCUT2D eigenvalue weighted by atomic mass is 35.5. The van der Waals surface area contributed by atoms with Gasteiger partial charge in [0.2, 0.25) is 0 Å². The number of benzene rings is 1. The standard InChI is InChI=1S/C13H13ClFNS/c1-3-8(2)12-7-17-13(16-12)9-4-5-11(15)10(14)6-9/h4-8H,3H2,1-2H3. The summed E-state index contributed by atoms with van der Waals surface area (Å²) in [6, 6.07) is 4.71. The molecule has 0 saturated carbocycles. The molecule has 90 valence electrons. The van der Waals surface area contributed by atoms with Crippen LogP contribution >= 0.6 is 22.9 Å². The molecular formula is C13H13ClFNS. The topological polar surface area (TPSA) is 12.9 Å². The van der Waals surface area contributed by atoms with Crippen molar-refractivity contribution in [3.63, 3.8) is 0 Å². The van der Waals surface area contributed by atoms with E-state index in [1.54, 1.807) is 23.5 Å². The maximum atomic E-state index is 13.1. The fraction of sp³-hybridized carbons (Fsp3) is 0.308. The molecule has 1 heterocycles. The van der Waals surface area contributed by atoms with Crippen molar-refractivity contribution in [1.29, 1.82) is 0 Å². The summed E-state index contributed by atoms with van der Waals surface area (Å²) in [5.74, 6) is 0.0602. The molecule has 1 aromatic carbocycles. The van der Waals surface area contributed by atoms with Crippen molar-refractivity contribution in [3.05, 3.63) is 40.1 Å². The quantitative estimate of drug-likeness (QED) is 0.754. The largest absolute Gasteiger partial charge is 0.241 e. The first-order valence-corrected chi connectivity index (χ1v) is 6.78. The van der Waals surface area contributed by atoms with Gasteiger partial charge in [-0.1, -0.05) is 25.4 Å². The van der Waals surface area contributed by atoms with Crippen molar-refractivity contribution in [1.82, 2.24) is 4.98 Å². The normalized spacial score (nSPS) is 12.7. The molecule has 0 saturated heterocycles. The molecule has 0 N–H and O–H groups in total. The van der Waals surface area contributed by atoms with E-state index in [1.807, 2.05) is 0 Å². The highest BCUT2D eigenvalue weighted by molar-refractivity contribution is 7.13. The Hall–Kier alpha value is -0.930. The van der Waals surface area contributed by atoms with Crippen molar-refractivity contribution in [3.8, 4) is 10.6 Å². The van der Waals surface area contributed by atoms with Crippen LogP contribution in [0.5, 0.6) is 0 Å². The van der Waals surface area contributed by atoms with Crippen LogP contribution < -0.4 is 0 Å². The second kappa shape index (κ2) is 5.15. The molecule has 0 bridgehead atoms. The lowest BCUT2D eigenvalue weighted by Gasteiger charge is -2.03. The van der Waals surface area contributed by atoms with Crippen LogP contribution in [0.1, 0.15) is 31.9 Å². The molecule has 1 unspecified atom stereocenters. The monoisotopic (exact) mass is 269 g/mol. The number of hydrogen-bond donors (Lipinski definition) is 0. The fourth-order valence-corrected chi connectivity index (χ4v) is 2.60. The van der Waals surface area contributed by atoms with E-state index in [4.69, 9.17) is 11.6 Å². The Morgan fingerprint density at radius 2 is 2.24 bits per heavy atom. The van der Waals surface area contributed by atoms with Gasteiger partial charge in [0.1, 0.15) is 10.8 Å². The van der Waals surface area contributed by atoms with Crippen LogP contribution in [0.4, 0.5) is 4.39 Å². The van der Waals surface area contributed by atoms with Gasteiger partial charge < -0.3 is 0 Å². The predicted molar refractivity (Wildman–Crippen MR) is 71.2 cm³/mol. The Kier molecular flexibility index (Phi) is 3.79. The molecule has 4 heteroatoms. The van der Waals surface area contributed by atoms with Crippen molar-refractivity contribution in [2.45, 2.75) is 26.2 Å². The minimum absolute atomic E-state index is 0.141. The summed E-state index contributed by atoms with van der Waals surface area (Å²) in [7, 11) is 0. The van der Waals surface area contributed by atoms with E-state index in [0.717, 1.165) is 22.7 Å². The first kappa shape index (κ1) is 12.5. The summed E-state index contributed by atoms with van der Waals surface area (Å²) in [6.07, 6.45) is 1.06. The van der Waals surface area contributed by atoms with Gasteiger partial charge in [0, 0.05) is 10.9 Å². The SMILES string of the molecule is CCC(C)c1csc(-c2ccc(F)c(Cl)c2)n1. The van der Waals surface area contributed by atoms with Gasteiger partial charge >= 0.3 is 0 Å². The van der Waals surface area contributed by atoms with E-state index < -0.39 is 5.82 Å². The highest BCUT2D eigenvalue weighted by Gasteiger charge is 2.10. The Morgan fingerprint density at radius 1 is 1.47 bits per heavy atom. The maximum Gasteiger partial charge on any atom is 0.141 e. The first-order valence-electron chi connectivity index (χ1n) is 5.52. The third-order valence-corrected chi connectivity index (χ3v) is 4.01. The van der Waals surface area contributed by atoms with Gasteiger partial charge in [0.05, 0.1) is 10.7 Å². The summed E-state index contributed by atoms with van der Waals surface area (Å²) >= 11 is 7.33. The van der Waals surface area contributed by atoms with Gasteiger partial charge in [-0.2, -0.15) is 0 Å². The highest BCUT2D eigenvalue weighted by Crippen LogP contribution is 2.30. The molecule has 0 aliphatic rings. The summed E-state index contributed by atoms with van der Waals surface area (Å²) in [5, 5.41) is 3.09. The zero-order valence-electron chi connectivity index (χ0n) is 9.71. The lowest BCUT2D eigenvalue weighted by Crippen LogP contribution is -1.91. The lowest BCUT2D eigenvalue weighted by molar-refractivity contribution is 0.628. The van der Waals surface area contributed by atoms with Crippen molar-refractivity contribution >= 4 is 22.9 Å². The molecule has 0 aliphatic heterocycles. The van der Waals surface area contributed by atoms with Gasteiger partial charge in [-0.15, -0.1) is 11.3 Å². The number of nitrogens with zero attached hydrogens (tertiary/aromatic N) is 1. The summed E-state index contributed by atoms with van der Waals surface area (Å²) in [6.45, 7) is 4.29. The minimum atomic E-state index is -0.394. The molecule has 2 aromatic rings. The first-order chi connectivity index (χ1) is 8.11. The number of rotatable bonds is 3. The van der Waals surface area contributed by atoms with Crippen LogP contribution in [0.3, 0.4) is 0 Å². The Balaban J connectivity index is 2.33. The molecule has 0 spiro atoms. The molecule has 0 radical (unpaired) electrons. The third-order valence-electron chi connectivity index (χ3n) is 2.81. The molecule has 0 amide bonds. The van der Waals surface area contributed by atoms with Crippen LogP contribution in [0, 0.1) is 5.82 Å². The number of thiazole rings is 1. The van der Waals surface area contributed by atoms with Gasteiger partial charge in [-0.3, -0.25) is 0 Å². The van der Waals surface area contributed by atoms with Crippen LogP contribution in [0.15, 0.2) is 23.6 Å². The average molecular weight is 270 g/mol. The average Bonchev–Trinajstić information content (AvgIpc) is 2.81. The second-order valence-electron chi connectivity index (χ2n) is 4.02. The van der Waals surface area contributed by atoms with E-state index in [-0.39, 0.29) is 5.02 Å². The fourth-order valence-electron chi connectivity index (χ4n) is 1.48. The van der Waals surface area contributed by atoms with E-state index >= 15 is 0 Å². The summed E-state index contributed by atoms with van der Waals surface area (Å²) < 4.78 is 13.1. The van der Waals surface area contributed by atoms with Crippen LogP contribution in [0.2, 0.25) is 5.02 Å². The van der Waals surface area contributed by atoms with E-state index in [9.17, 15) is 4.39 Å². The van der Waals surface area contributed by atoms with Crippen LogP contribution in [-0.2, 0) is 0 Å². The molecule has 0 aliphatic carbocycles. The minimum Gasteiger partial charge on any atom is -0.241 e. The number of hydrogen-bond acceptors (Lipinski definition) is 2. The van der Waals surface area contributed by atoms with Crippen molar-refractivity contribution in [2.24, 2.45) is 0 Å². The molecule has 17 heavy (non-hydrogen) atoms.